The van der Waals surface area contributed by atoms with Gasteiger partial charge in [0, 0.05) is 17.4 Å². The molecular weight excluding hydrogens is 308 g/mol. The Hall–Kier alpha value is -2.20. The Morgan fingerprint density at radius 1 is 1.09 bits per heavy atom. The van der Waals surface area contributed by atoms with Crippen molar-refractivity contribution in [3.8, 4) is 17.1 Å². The molecule has 0 N–H and O–H groups in total. The van der Waals surface area contributed by atoms with Gasteiger partial charge in [0.25, 0.3) is 0 Å². The Bertz CT molecular complexity index is 840. The first kappa shape index (κ1) is 15.7. The maximum atomic E-state index is 12.5. The van der Waals surface area contributed by atoms with E-state index in [2.05, 4.69) is 6.92 Å². The van der Waals surface area contributed by atoms with Gasteiger partial charge in [0.2, 0.25) is 0 Å². The fourth-order valence-corrected chi connectivity index (χ4v) is 2.89. The van der Waals surface area contributed by atoms with Crippen molar-refractivity contribution >= 4 is 22.7 Å². The quantitative estimate of drug-likeness (QED) is 0.621. The summed E-state index contributed by atoms with van der Waals surface area (Å²) in [7, 11) is 0. The second-order valence-electron chi connectivity index (χ2n) is 5.02. The molecule has 0 radical (unpaired) electrons. The topological polar surface area (TPSA) is 39.4 Å². The second-order valence-corrected chi connectivity index (χ2v) is 6.41. The third-order valence-electron chi connectivity index (χ3n) is 3.46. The first-order chi connectivity index (χ1) is 11.3. The summed E-state index contributed by atoms with van der Waals surface area (Å²) in [6.07, 6.45) is 0. The van der Waals surface area contributed by atoms with Crippen LogP contribution in [0.2, 0.25) is 0 Å². The molecule has 3 rings (SSSR count). The van der Waals surface area contributed by atoms with Crippen LogP contribution in [0, 0.1) is 0 Å². The minimum Gasteiger partial charge on any atom is -0.492 e. The molecule has 0 bridgehead atoms. The fourth-order valence-electron chi connectivity index (χ4n) is 2.40. The molecule has 3 nitrogen and oxygen atoms in total. The molecule has 0 fully saturated rings. The van der Waals surface area contributed by atoms with Gasteiger partial charge in [-0.05, 0) is 17.9 Å². The van der Waals surface area contributed by atoms with Gasteiger partial charge in [-0.3, -0.25) is 4.79 Å². The Balaban J connectivity index is 1.98. The van der Waals surface area contributed by atoms with E-state index in [0.717, 1.165) is 17.1 Å². The largest absolute Gasteiger partial charge is 0.492 e. The lowest BCUT2D eigenvalue weighted by Gasteiger charge is -2.09. The van der Waals surface area contributed by atoms with Crippen LogP contribution in [0.25, 0.3) is 22.3 Å². The molecular formula is C19H18O3S. The molecule has 3 aromatic rings. The number of ether oxygens (including phenoxy) is 1. The first-order valence-electron chi connectivity index (χ1n) is 7.62. The Morgan fingerprint density at radius 3 is 2.70 bits per heavy atom. The molecule has 118 valence electrons. The SMILES string of the molecule is CCSCCOc1cccc2oc(-c3ccccc3)cc(=O)c12. The van der Waals surface area contributed by atoms with Gasteiger partial charge in [-0.25, -0.2) is 0 Å². The van der Waals surface area contributed by atoms with E-state index in [1.54, 1.807) is 6.07 Å². The molecule has 0 aliphatic carbocycles. The minimum absolute atomic E-state index is 0.0798. The van der Waals surface area contributed by atoms with Gasteiger partial charge < -0.3 is 9.15 Å². The van der Waals surface area contributed by atoms with Crippen LogP contribution in [-0.4, -0.2) is 18.1 Å². The van der Waals surface area contributed by atoms with Crippen molar-refractivity contribution < 1.29 is 9.15 Å². The van der Waals surface area contributed by atoms with E-state index in [0.29, 0.717) is 29.1 Å². The highest BCUT2D eigenvalue weighted by molar-refractivity contribution is 7.99. The summed E-state index contributed by atoms with van der Waals surface area (Å²) >= 11 is 1.81. The van der Waals surface area contributed by atoms with E-state index in [9.17, 15) is 4.79 Å². The normalized spacial score (nSPS) is 10.8. The predicted molar refractivity (Wildman–Crippen MR) is 96.4 cm³/mol. The van der Waals surface area contributed by atoms with Crippen molar-refractivity contribution in [3.63, 3.8) is 0 Å². The van der Waals surface area contributed by atoms with Crippen LogP contribution in [0.4, 0.5) is 0 Å². The van der Waals surface area contributed by atoms with Crippen molar-refractivity contribution in [2.24, 2.45) is 0 Å². The lowest BCUT2D eigenvalue weighted by atomic mass is 10.1. The van der Waals surface area contributed by atoms with Crippen molar-refractivity contribution in [3.05, 3.63) is 64.8 Å². The van der Waals surface area contributed by atoms with E-state index >= 15 is 0 Å². The van der Waals surface area contributed by atoms with Crippen LogP contribution in [0.3, 0.4) is 0 Å². The van der Waals surface area contributed by atoms with Crippen molar-refractivity contribution in [1.82, 2.24) is 0 Å². The molecule has 0 aliphatic heterocycles. The Kier molecular flexibility index (Phi) is 5.03. The molecule has 0 amide bonds. The number of thioether (sulfide) groups is 1. The summed E-state index contributed by atoms with van der Waals surface area (Å²) < 4.78 is 11.7. The standard InChI is InChI=1S/C19H18O3S/c1-2-23-12-11-21-16-9-6-10-17-19(16)15(20)13-18(22-17)14-7-4-3-5-8-14/h3-10,13H,2,11-12H2,1H3. The highest BCUT2D eigenvalue weighted by Crippen LogP contribution is 2.27. The number of benzene rings is 2. The summed E-state index contributed by atoms with van der Waals surface area (Å²) in [5.41, 5.74) is 1.36. The fraction of sp³-hybridized carbons (Fsp3) is 0.211. The third-order valence-corrected chi connectivity index (χ3v) is 4.33. The average Bonchev–Trinajstić information content (AvgIpc) is 2.59. The van der Waals surface area contributed by atoms with Crippen molar-refractivity contribution in [2.45, 2.75) is 6.92 Å². The molecule has 0 saturated carbocycles. The highest BCUT2D eigenvalue weighted by atomic mass is 32.2. The Morgan fingerprint density at radius 2 is 1.91 bits per heavy atom. The number of rotatable bonds is 6. The molecule has 0 saturated heterocycles. The molecule has 0 unspecified atom stereocenters. The maximum Gasteiger partial charge on any atom is 0.197 e. The summed E-state index contributed by atoms with van der Waals surface area (Å²) in [6.45, 7) is 2.69. The van der Waals surface area contributed by atoms with Crippen molar-refractivity contribution in [2.75, 3.05) is 18.1 Å². The number of fused-ring (bicyclic) bond motifs is 1. The van der Waals surface area contributed by atoms with Gasteiger partial charge in [0.05, 0.1) is 6.61 Å². The van der Waals surface area contributed by atoms with Gasteiger partial charge in [-0.15, -0.1) is 0 Å². The predicted octanol–water partition coefficient (Wildman–Crippen LogP) is 4.59. The summed E-state index contributed by atoms with van der Waals surface area (Å²) in [5.74, 6) is 3.12. The summed E-state index contributed by atoms with van der Waals surface area (Å²) in [5, 5.41) is 0.508. The smallest absolute Gasteiger partial charge is 0.197 e. The van der Waals surface area contributed by atoms with E-state index in [4.69, 9.17) is 9.15 Å². The van der Waals surface area contributed by atoms with Gasteiger partial charge in [0.15, 0.2) is 5.43 Å². The van der Waals surface area contributed by atoms with E-state index in [1.165, 1.54) is 6.07 Å². The van der Waals surface area contributed by atoms with Crippen molar-refractivity contribution in [1.29, 1.82) is 0 Å². The highest BCUT2D eigenvalue weighted by Gasteiger charge is 2.11. The van der Waals surface area contributed by atoms with Crippen LogP contribution in [0.5, 0.6) is 5.75 Å². The van der Waals surface area contributed by atoms with Crippen LogP contribution in [0.1, 0.15) is 6.92 Å². The van der Waals surface area contributed by atoms with Crippen LogP contribution < -0.4 is 10.2 Å². The van der Waals surface area contributed by atoms with Gasteiger partial charge >= 0.3 is 0 Å². The van der Waals surface area contributed by atoms with E-state index in [-0.39, 0.29) is 5.43 Å². The van der Waals surface area contributed by atoms with Crippen LogP contribution >= 0.6 is 11.8 Å². The van der Waals surface area contributed by atoms with Gasteiger partial charge in [0.1, 0.15) is 22.5 Å². The Labute approximate surface area is 139 Å². The zero-order valence-electron chi connectivity index (χ0n) is 13.0. The maximum absolute atomic E-state index is 12.5. The zero-order chi connectivity index (χ0) is 16.1. The molecule has 1 heterocycles. The van der Waals surface area contributed by atoms with Crippen LogP contribution in [-0.2, 0) is 0 Å². The monoisotopic (exact) mass is 326 g/mol. The number of hydrogen-bond donors (Lipinski definition) is 0. The van der Waals surface area contributed by atoms with Gasteiger partial charge in [-0.1, -0.05) is 43.3 Å². The molecule has 0 atom stereocenters. The first-order valence-corrected chi connectivity index (χ1v) is 8.78. The molecule has 23 heavy (non-hydrogen) atoms. The lowest BCUT2D eigenvalue weighted by molar-refractivity contribution is 0.347. The summed E-state index contributed by atoms with van der Waals surface area (Å²) in [4.78, 5) is 12.5. The van der Waals surface area contributed by atoms with Gasteiger partial charge in [-0.2, -0.15) is 11.8 Å². The molecule has 4 heteroatoms. The molecule has 0 aliphatic rings. The summed E-state index contributed by atoms with van der Waals surface area (Å²) in [6, 6.07) is 16.6. The third kappa shape index (κ3) is 3.59. The lowest BCUT2D eigenvalue weighted by Crippen LogP contribution is -2.06. The molecule has 2 aromatic carbocycles. The molecule has 1 aromatic heterocycles. The minimum atomic E-state index is -0.0798. The molecule has 0 spiro atoms. The van der Waals surface area contributed by atoms with E-state index in [1.807, 2.05) is 54.2 Å². The second kappa shape index (κ2) is 7.38. The average molecular weight is 326 g/mol. The van der Waals surface area contributed by atoms with E-state index < -0.39 is 0 Å². The zero-order valence-corrected chi connectivity index (χ0v) is 13.8. The number of hydrogen-bond acceptors (Lipinski definition) is 4. The van der Waals surface area contributed by atoms with Crippen LogP contribution in [0.15, 0.2) is 63.8 Å².